The lowest BCUT2D eigenvalue weighted by atomic mass is 10.1. The van der Waals surface area contributed by atoms with Crippen LogP contribution in [-0.2, 0) is 14.3 Å². The van der Waals surface area contributed by atoms with E-state index in [-0.39, 0.29) is 11.5 Å². The summed E-state index contributed by atoms with van der Waals surface area (Å²) in [6, 6.07) is 17.0. The minimum absolute atomic E-state index is 0.147. The van der Waals surface area contributed by atoms with Gasteiger partial charge in [-0.2, -0.15) is 5.26 Å². The molecule has 0 spiro atoms. The summed E-state index contributed by atoms with van der Waals surface area (Å²) in [4.78, 5) is 29.9. The molecule has 2 aromatic rings. The summed E-state index contributed by atoms with van der Waals surface area (Å²) >= 11 is 1.73. The number of nitrogens with zero attached hydrogens (tertiary/aromatic N) is 3. The molecule has 1 aliphatic rings. The van der Waals surface area contributed by atoms with Gasteiger partial charge < -0.3 is 14.5 Å². The zero-order valence-corrected chi connectivity index (χ0v) is 18.7. The number of fused-ring (bicyclic) bond motifs is 1. The quantitative estimate of drug-likeness (QED) is 0.400. The van der Waals surface area contributed by atoms with Crippen molar-refractivity contribution < 1.29 is 14.3 Å². The molecule has 1 unspecified atom stereocenters. The molecule has 7 heteroatoms. The molecule has 6 nitrogen and oxygen atoms in total. The molecule has 0 saturated heterocycles. The molecule has 1 atom stereocenters. The van der Waals surface area contributed by atoms with Gasteiger partial charge in [0.15, 0.2) is 6.61 Å². The second-order valence-corrected chi connectivity index (χ2v) is 8.94. The molecule has 1 amide bonds. The second kappa shape index (κ2) is 10.2. The number of benzene rings is 2. The number of amides is 1. The number of hydrogen-bond acceptors (Lipinski definition) is 6. The predicted molar refractivity (Wildman–Crippen MR) is 124 cm³/mol. The van der Waals surface area contributed by atoms with E-state index in [1.54, 1.807) is 16.7 Å². The maximum Gasteiger partial charge on any atom is 0.349 e. The van der Waals surface area contributed by atoms with E-state index < -0.39 is 12.6 Å². The molecule has 3 rings (SSSR count). The monoisotopic (exact) mass is 435 g/mol. The van der Waals surface area contributed by atoms with Crippen molar-refractivity contribution in [1.82, 2.24) is 0 Å². The van der Waals surface area contributed by atoms with Gasteiger partial charge in [-0.25, -0.2) is 4.79 Å². The lowest BCUT2D eigenvalue weighted by Crippen LogP contribution is -2.36. The Morgan fingerprint density at radius 3 is 2.61 bits per heavy atom. The maximum absolute atomic E-state index is 12.8. The number of carbonyl (C=O) groups is 2. The first-order chi connectivity index (χ1) is 14.9. The van der Waals surface area contributed by atoms with Crippen LogP contribution in [0.25, 0.3) is 6.08 Å². The van der Waals surface area contributed by atoms with Gasteiger partial charge in [-0.1, -0.05) is 31.2 Å². The Bertz CT molecular complexity index is 1030. The molecular weight excluding hydrogens is 410 g/mol. The molecule has 2 aromatic carbocycles. The van der Waals surface area contributed by atoms with Crippen molar-refractivity contribution in [2.24, 2.45) is 0 Å². The van der Waals surface area contributed by atoms with Crippen molar-refractivity contribution in [2.45, 2.75) is 23.5 Å². The van der Waals surface area contributed by atoms with Gasteiger partial charge >= 0.3 is 5.97 Å². The minimum Gasteiger partial charge on any atom is -0.451 e. The van der Waals surface area contributed by atoms with Crippen molar-refractivity contribution in [3.8, 4) is 6.07 Å². The normalized spacial score (nSPS) is 16.0. The SMILES string of the molecule is CC1CCN(C(=O)COC(=O)/C(C#N)=C/c2ccc(N(C)C)cc2)c2ccccc2S1. The van der Waals surface area contributed by atoms with Crippen LogP contribution in [0.5, 0.6) is 0 Å². The Morgan fingerprint density at radius 2 is 1.94 bits per heavy atom. The molecule has 0 fully saturated rings. The summed E-state index contributed by atoms with van der Waals surface area (Å²) < 4.78 is 5.19. The fraction of sp³-hybridized carbons (Fsp3) is 0.292. The Labute approximate surface area is 187 Å². The molecule has 1 heterocycles. The number of rotatable bonds is 5. The molecule has 160 valence electrons. The van der Waals surface area contributed by atoms with E-state index in [0.717, 1.165) is 22.7 Å². The Balaban J connectivity index is 1.68. The summed E-state index contributed by atoms with van der Waals surface area (Å²) in [5, 5.41) is 9.77. The molecule has 0 aromatic heterocycles. The van der Waals surface area contributed by atoms with E-state index in [2.05, 4.69) is 6.92 Å². The molecule has 0 radical (unpaired) electrons. The molecule has 0 aliphatic carbocycles. The Kier molecular flexibility index (Phi) is 7.37. The van der Waals surface area contributed by atoms with Crippen molar-refractivity contribution in [1.29, 1.82) is 5.26 Å². The third kappa shape index (κ3) is 5.68. The number of hydrogen-bond donors (Lipinski definition) is 0. The molecule has 31 heavy (non-hydrogen) atoms. The smallest absolute Gasteiger partial charge is 0.349 e. The number of carbonyl (C=O) groups excluding carboxylic acids is 2. The van der Waals surface area contributed by atoms with Gasteiger partial charge in [-0.3, -0.25) is 4.79 Å². The van der Waals surface area contributed by atoms with Crippen molar-refractivity contribution in [3.63, 3.8) is 0 Å². The van der Waals surface area contributed by atoms with Gasteiger partial charge in [-0.05, 0) is 42.3 Å². The standard InChI is InChI=1S/C24H25N3O3S/c1-17-12-13-27(21-6-4-5-7-22(21)31-17)23(28)16-30-24(29)19(15-25)14-18-8-10-20(11-9-18)26(2)3/h4-11,14,17H,12-13,16H2,1-3H3/b19-14+. The predicted octanol–water partition coefficient (Wildman–Crippen LogP) is 4.12. The first-order valence-corrected chi connectivity index (χ1v) is 10.9. The van der Waals surface area contributed by atoms with Crippen LogP contribution < -0.4 is 9.80 Å². The first kappa shape index (κ1) is 22.4. The van der Waals surface area contributed by atoms with Crippen LogP contribution in [0.15, 0.2) is 59.0 Å². The van der Waals surface area contributed by atoms with E-state index >= 15 is 0 Å². The average molecular weight is 436 g/mol. The van der Waals surface area contributed by atoms with Gasteiger partial charge in [0.05, 0.1) is 5.69 Å². The van der Waals surface area contributed by atoms with Gasteiger partial charge in [0.1, 0.15) is 11.6 Å². The Morgan fingerprint density at radius 1 is 1.23 bits per heavy atom. The number of thioether (sulfide) groups is 1. The van der Waals surface area contributed by atoms with E-state index in [1.807, 2.05) is 73.6 Å². The first-order valence-electron chi connectivity index (χ1n) is 10.0. The van der Waals surface area contributed by atoms with Gasteiger partial charge in [-0.15, -0.1) is 11.8 Å². The van der Waals surface area contributed by atoms with E-state index in [9.17, 15) is 14.9 Å². The minimum atomic E-state index is -0.807. The summed E-state index contributed by atoms with van der Waals surface area (Å²) in [6.07, 6.45) is 2.30. The highest BCUT2D eigenvalue weighted by atomic mass is 32.2. The number of anilines is 2. The van der Waals surface area contributed by atoms with Crippen molar-refractivity contribution in [3.05, 3.63) is 59.7 Å². The van der Waals surface area contributed by atoms with Crippen LogP contribution in [0.4, 0.5) is 11.4 Å². The number of nitriles is 1. The van der Waals surface area contributed by atoms with Crippen molar-refractivity contribution >= 4 is 41.1 Å². The molecule has 0 N–H and O–H groups in total. The molecular formula is C24H25N3O3S. The fourth-order valence-corrected chi connectivity index (χ4v) is 4.31. The fourth-order valence-electron chi connectivity index (χ4n) is 3.20. The lowest BCUT2D eigenvalue weighted by Gasteiger charge is -2.22. The second-order valence-electron chi connectivity index (χ2n) is 7.46. The molecule has 0 bridgehead atoms. The highest BCUT2D eigenvalue weighted by Crippen LogP contribution is 2.37. The number of ether oxygens (including phenoxy) is 1. The van der Waals surface area contributed by atoms with E-state index in [0.29, 0.717) is 17.4 Å². The van der Waals surface area contributed by atoms with Crippen LogP contribution in [-0.4, -0.2) is 44.4 Å². The zero-order valence-electron chi connectivity index (χ0n) is 17.9. The van der Waals surface area contributed by atoms with Crippen LogP contribution in [0.3, 0.4) is 0 Å². The van der Waals surface area contributed by atoms with Gasteiger partial charge in [0.2, 0.25) is 0 Å². The van der Waals surface area contributed by atoms with Gasteiger partial charge in [0.25, 0.3) is 5.91 Å². The topological polar surface area (TPSA) is 73.6 Å². The average Bonchev–Trinajstić information content (AvgIpc) is 2.94. The summed E-state index contributed by atoms with van der Waals surface area (Å²) in [7, 11) is 3.87. The van der Waals surface area contributed by atoms with Crippen LogP contribution in [0.1, 0.15) is 18.9 Å². The van der Waals surface area contributed by atoms with Gasteiger partial charge in [0, 0.05) is 36.5 Å². The maximum atomic E-state index is 12.8. The number of para-hydroxylation sites is 1. The molecule has 1 aliphatic heterocycles. The highest BCUT2D eigenvalue weighted by molar-refractivity contribution is 8.00. The summed E-state index contributed by atoms with van der Waals surface area (Å²) in [5.74, 6) is -1.11. The lowest BCUT2D eigenvalue weighted by molar-refractivity contribution is -0.143. The largest absolute Gasteiger partial charge is 0.451 e. The van der Waals surface area contributed by atoms with E-state index in [1.165, 1.54) is 6.08 Å². The summed E-state index contributed by atoms with van der Waals surface area (Å²) in [6.45, 7) is 2.27. The molecule has 0 saturated carbocycles. The third-order valence-electron chi connectivity index (χ3n) is 4.93. The van der Waals surface area contributed by atoms with Crippen LogP contribution in [0, 0.1) is 11.3 Å². The van der Waals surface area contributed by atoms with Crippen molar-refractivity contribution in [2.75, 3.05) is 37.0 Å². The van der Waals surface area contributed by atoms with Crippen LogP contribution in [0.2, 0.25) is 0 Å². The third-order valence-corrected chi connectivity index (χ3v) is 6.17. The summed E-state index contributed by atoms with van der Waals surface area (Å²) in [5.41, 5.74) is 2.40. The Hall–Kier alpha value is -3.24. The zero-order chi connectivity index (χ0) is 22.4. The number of esters is 1. The van der Waals surface area contributed by atoms with E-state index in [4.69, 9.17) is 4.74 Å². The highest BCUT2D eigenvalue weighted by Gasteiger charge is 2.25. The van der Waals surface area contributed by atoms with Crippen LogP contribution >= 0.6 is 11.8 Å².